The van der Waals surface area contributed by atoms with Crippen molar-refractivity contribution in [3.05, 3.63) is 36.0 Å². The Labute approximate surface area is 112 Å². The molecule has 0 bridgehead atoms. The lowest BCUT2D eigenvalue weighted by Gasteiger charge is -2.16. The highest BCUT2D eigenvalue weighted by molar-refractivity contribution is 5.84. The summed E-state index contributed by atoms with van der Waals surface area (Å²) in [6.45, 7) is 3.47. The number of benzene rings is 1. The van der Waals surface area contributed by atoms with Gasteiger partial charge in [-0.15, -0.1) is 0 Å². The zero-order valence-corrected chi connectivity index (χ0v) is 11.3. The van der Waals surface area contributed by atoms with Crippen LogP contribution in [0.3, 0.4) is 0 Å². The number of H-pyrrole nitrogens is 1. The van der Waals surface area contributed by atoms with Gasteiger partial charge in [-0.1, -0.05) is 18.2 Å². The van der Waals surface area contributed by atoms with Crippen molar-refractivity contribution < 1.29 is 9.90 Å². The number of hydrogen-bond acceptors (Lipinski definition) is 2. The summed E-state index contributed by atoms with van der Waals surface area (Å²) in [6, 6.07) is 7.84. The van der Waals surface area contributed by atoms with Gasteiger partial charge in [-0.3, -0.25) is 4.79 Å². The van der Waals surface area contributed by atoms with Crippen LogP contribution in [0.2, 0.25) is 0 Å². The van der Waals surface area contributed by atoms with Gasteiger partial charge in [0, 0.05) is 23.5 Å². The molecule has 2 unspecified atom stereocenters. The van der Waals surface area contributed by atoms with E-state index in [0.29, 0.717) is 12.8 Å². The summed E-state index contributed by atoms with van der Waals surface area (Å²) in [4.78, 5) is 15.0. The number of aryl methyl sites for hydroxylation is 1. The third kappa shape index (κ3) is 3.35. The van der Waals surface area contributed by atoms with E-state index in [1.165, 1.54) is 5.39 Å². The summed E-state index contributed by atoms with van der Waals surface area (Å²) in [6.07, 6.45) is 2.55. The second-order valence-electron chi connectivity index (χ2n) is 4.96. The molecule has 0 aliphatic heterocycles. The number of aromatic nitrogens is 1. The molecule has 4 nitrogen and oxygen atoms in total. The van der Waals surface area contributed by atoms with Crippen LogP contribution in [0.1, 0.15) is 25.8 Å². The second kappa shape index (κ2) is 5.89. The van der Waals surface area contributed by atoms with Gasteiger partial charge in [0.2, 0.25) is 5.91 Å². The smallest absolute Gasteiger partial charge is 0.220 e. The maximum atomic E-state index is 11.8. The quantitative estimate of drug-likeness (QED) is 0.769. The summed E-state index contributed by atoms with van der Waals surface area (Å²) in [5.41, 5.74) is 2.24. The van der Waals surface area contributed by atoms with Crippen LogP contribution < -0.4 is 5.32 Å². The highest BCUT2D eigenvalue weighted by Gasteiger charge is 2.12. The highest BCUT2D eigenvalue weighted by atomic mass is 16.3. The lowest BCUT2D eigenvalue weighted by molar-refractivity contribution is -0.122. The molecule has 4 heteroatoms. The van der Waals surface area contributed by atoms with Gasteiger partial charge < -0.3 is 15.4 Å². The number of amides is 1. The molecule has 0 spiro atoms. The minimum absolute atomic E-state index is 0.0290. The normalized spacial score (nSPS) is 14.3. The molecular formula is C15H20N2O2. The minimum atomic E-state index is -0.531. The van der Waals surface area contributed by atoms with Crippen LogP contribution in [-0.4, -0.2) is 28.1 Å². The zero-order valence-electron chi connectivity index (χ0n) is 11.3. The molecule has 19 heavy (non-hydrogen) atoms. The van der Waals surface area contributed by atoms with Crippen LogP contribution in [-0.2, 0) is 11.2 Å². The predicted molar refractivity (Wildman–Crippen MR) is 75.9 cm³/mol. The van der Waals surface area contributed by atoms with E-state index in [0.717, 1.165) is 11.1 Å². The molecule has 102 valence electrons. The summed E-state index contributed by atoms with van der Waals surface area (Å²) in [5.74, 6) is -0.0290. The minimum Gasteiger partial charge on any atom is -0.391 e. The Balaban J connectivity index is 1.94. The van der Waals surface area contributed by atoms with E-state index in [2.05, 4.69) is 16.4 Å². The van der Waals surface area contributed by atoms with E-state index < -0.39 is 6.10 Å². The van der Waals surface area contributed by atoms with E-state index in [4.69, 9.17) is 0 Å². The first-order chi connectivity index (χ1) is 9.08. The largest absolute Gasteiger partial charge is 0.391 e. The Bertz CT molecular complexity index is 560. The summed E-state index contributed by atoms with van der Waals surface area (Å²) >= 11 is 0. The Hall–Kier alpha value is -1.81. The number of para-hydroxylation sites is 1. The molecule has 1 aromatic carbocycles. The van der Waals surface area contributed by atoms with Gasteiger partial charge in [0.25, 0.3) is 0 Å². The third-order valence-electron chi connectivity index (χ3n) is 3.41. The molecule has 3 N–H and O–H groups in total. The van der Waals surface area contributed by atoms with Gasteiger partial charge >= 0.3 is 0 Å². The Morgan fingerprint density at radius 3 is 2.84 bits per heavy atom. The Kier molecular flexibility index (Phi) is 4.22. The molecule has 0 aliphatic carbocycles. The lowest BCUT2D eigenvalue weighted by atomic mass is 10.1. The Morgan fingerprint density at radius 2 is 2.11 bits per heavy atom. The second-order valence-corrected chi connectivity index (χ2v) is 4.96. The molecule has 0 fully saturated rings. The van der Waals surface area contributed by atoms with Gasteiger partial charge in [-0.2, -0.15) is 0 Å². The Morgan fingerprint density at radius 1 is 1.37 bits per heavy atom. The first-order valence-electron chi connectivity index (χ1n) is 6.60. The fourth-order valence-corrected chi connectivity index (χ4v) is 2.03. The number of carbonyl (C=O) groups is 1. The van der Waals surface area contributed by atoms with Crippen molar-refractivity contribution >= 4 is 16.8 Å². The number of carbonyl (C=O) groups excluding carboxylic acids is 1. The van der Waals surface area contributed by atoms with Crippen LogP contribution in [0.4, 0.5) is 0 Å². The number of rotatable bonds is 5. The van der Waals surface area contributed by atoms with Crippen molar-refractivity contribution in [1.29, 1.82) is 0 Å². The third-order valence-corrected chi connectivity index (χ3v) is 3.41. The van der Waals surface area contributed by atoms with E-state index >= 15 is 0 Å². The van der Waals surface area contributed by atoms with Crippen LogP contribution in [0.15, 0.2) is 30.5 Å². The molecule has 2 atom stereocenters. The molecule has 1 amide bonds. The molecule has 0 saturated heterocycles. The molecule has 2 rings (SSSR count). The SMILES string of the molecule is CC(O)C(C)NC(=O)CCc1c[nH]c2ccccc12. The van der Waals surface area contributed by atoms with Crippen LogP contribution in [0, 0.1) is 0 Å². The first-order valence-corrected chi connectivity index (χ1v) is 6.60. The average Bonchev–Trinajstić information content (AvgIpc) is 2.79. The maximum absolute atomic E-state index is 11.8. The van der Waals surface area contributed by atoms with E-state index in [1.54, 1.807) is 13.8 Å². The summed E-state index contributed by atoms with van der Waals surface area (Å²) in [7, 11) is 0. The molecule has 0 saturated carbocycles. The van der Waals surface area contributed by atoms with Gasteiger partial charge in [0.05, 0.1) is 12.1 Å². The van der Waals surface area contributed by atoms with E-state index in [1.807, 2.05) is 24.4 Å². The zero-order chi connectivity index (χ0) is 13.8. The monoisotopic (exact) mass is 260 g/mol. The summed E-state index contributed by atoms with van der Waals surface area (Å²) < 4.78 is 0. The number of hydrogen-bond donors (Lipinski definition) is 3. The van der Waals surface area contributed by atoms with Gasteiger partial charge in [-0.05, 0) is 31.9 Å². The average molecular weight is 260 g/mol. The molecule has 0 radical (unpaired) electrons. The molecular weight excluding hydrogens is 240 g/mol. The van der Waals surface area contributed by atoms with Gasteiger partial charge in [0.15, 0.2) is 0 Å². The molecule has 0 aliphatic rings. The highest BCUT2D eigenvalue weighted by Crippen LogP contribution is 2.18. The van der Waals surface area contributed by atoms with E-state index in [9.17, 15) is 9.90 Å². The van der Waals surface area contributed by atoms with Crippen molar-refractivity contribution in [2.45, 2.75) is 38.8 Å². The molecule has 1 heterocycles. The van der Waals surface area contributed by atoms with Crippen molar-refractivity contribution in [2.24, 2.45) is 0 Å². The molecule has 1 aromatic heterocycles. The van der Waals surface area contributed by atoms with Crippen molar-refractivity contribution in [3.63, 3.8) is 0 Å². The number of nitrogens with one attached hydrogen (secondary N) is 2. The van der Waals surface area contributed by atoms with Crippen molar-refractivity contribution in [3.8, 4) is 0 Å². The first kappa shape index (κ1) is 13.6. The van der Waals surface area contributed by atoms with E-state index in [-0.39, 0.29) is 11.9 Å². The fourth-order valence-electron chi connectivity index (χ4n) is 2.03. The van der Waals surface area contributed by atoms with Gasteiger partial charge in [-0.25, -0.2) is 0 Å². The van der Waals surface area contributed by atoms with Gasteiger partial charge in [0.1, 0.15) is 0 Å². The fraction of sp³-hybridized carbons (Fsp3) is 0.400. The van der Waals surface area contributed by atoms with Crippen LogP contribution in [0.25, 0.3) is 10.9 Å². The maximum Gasteiger partial charge on any atom is 0.220 e. The predicted octanol–water partition coefficient (Wildman–Crippen LogP) is 1.99. The standard InChI is InChI=1S/C15H20N2O2/c1-10(11(2)18)17-15(19)8-7-12-9-16-14-6-4-3-5-13(12)14/h3-6,9-11,16,18H,7-8H2,1-2H3,(H,17,19). The van der Waals surface area contributed by atoms with Crippen molar-refractivity contribution in [1.82, 2.24) is 10.3 Å². The summed E-state index contributed by atoms with van der Waals surface area (Å²) in [5, 5.41) is 13.3. The number of fused-ring (bicyclic) bond motifs is 1. The number of aromatic amines is 1. The lowest BCUT2D eigenvalue weighted by Crippen LogP contribution is -2.39. The number of aliphatic hydroxyl groups excluding tert-OH is 1. The topological polar surface area (TPSA) is 65.1 Å². The van der Waals surface area contributed by atoms with Crippen LogP contribution in [0.5, 0.6) is 0 Å². The van der Waals surface area contributed by atoms with Crippen molar-refractivity contribution in [2.75, 3.05) is 0 Å². The van der Waals surface area contributed by atoms with Crippen LogP contribution >= 0.6 is 0 Å². The molecule has 2 aromatic rings. The number of aliphatic hydroxyl groups is 1.